The molecule has 0 saturated carbocycles. The summed E-state index contributed by atoms with van der Waals surface area (Å²) in [6.45, 7) is 7.33. The van der Waals surface area contributed by atoms with E-state index in [2.05, 4.69) is 22.2 Å². The van der Waals surface area contributed by atoms with Crippen molar-refractivity contribution in [1.82, 2.24) is 25.4 Å². The van der Waals surface area contributed by atoms with Crippen LogP contribution < -0.4 is 10.6 Å². The van der Waals surface area contributed by atoms with Crippen LogP contribution in [0.25, 0.3) is 0 Å². The van der Waals surface area contributed by atoms with Crippen molar-refractivity contribution in [3.8, 4) is 0 Å². The molecule has 0 fully saturated rings. The van der Waals surface area contributed by atoms with Gasteiger partial charge in [-0.2, -0.15) is 13.2 Å². The molecule has 8 nitrogen and oxygen atoms in total. The number of nitrogens with one attached hydrogen (secondary N) is 2. The molecular weight excluding hydrogens is 499 g/mol. The second-order valence-corrected chi connectivity index (χ2v) is 9.43. The van der Waals surface area contributed by atoms with Crippen molar-refractivity contribution in [2.24, 2.45) is 5.92 Å². The van der Waals surface area contributed by atoms with E-state index >= 15 is 0 Å². The molecule has 4 amide bonds. The molecule has 2 atom stereocenters. The SMILES string of the molecule is C=CCN1C(=O)N[C@H](c2ccccc2C(F)(F)F)C2=C1CN([C@@H](C(=O)NCc1cccnc1)C(C)C)C2=O. The Kier molecular flexibility index (Phi) is 7.56. The number of pyridine rings is 1. The largest absolute Gasteiger partial charge is 0.416 e. The molecule has 2 aliphatic rings. The maximum atomic E-state index is 13.9. The molecule has 1 aromatic carbocycles. The average molecular weight is 528 g/mol. The number of amides is 4. The Morgan fingerprint density at radius 1 is 1.24 bits per heavy atom. The zero-order chi connectivity index (χ0) is 27.6. The molecule has 0 spiro atoms. The molecule has 0 unspecified atom stereocenters. The van der Waals surface area contributed by atoms with Gasteiger partial charge in [-0.1, -0.05) is 44.2 Å². The van der Waals surface area contributed by atoms with Crippen LogP contribution in [0.1, 0.15) is 36.6 Å². The monoisotopic (exact) mass is 527 g/mol. The van der Waals surface area contributed by atoms with Gasteiger partial charge in [0.15, 0.2) is 0 Å². The Morgan fingerprint density at radius 2 is 1.97 bits per heavy atom. The van der Waals surface area contributed by atoms with Crippen LogP contribution in [0.5, 0.6) is 0 Å². The lowest BCUT2D eigenvalue weighted by atomic mass is 9.91. The first-order valence-corrected chi connectivity index (χ1v) is 12.1. The number of hydrogen-bond acceptors (Lipinski definition) is 4. The summed E-state index contributed by atoms with van der Waals surface area (Å²) >= 11 is 0. The van der Waals surface area contributed by atoms with Crippen LogP contribution in [0.4, 0.5) is 18.0 Å². The third-order valence-electron chi connectivity index (χ3n) is 6.56. The highest BCUT2D eigenvalue weighted by Gasteiger charge is 2.49. The van der Waals surface area contributed by atoms with E-state index in [1.807, 2.05) is 0 Å². The molecule has 0 radical (unpaired) electrons. The third kappa shape index (κ3) is 5.13. The molecule has 2 aliphatic heterocycles. The molecule has 0 aliphatic carbocycles. The van der Waals surface area contributed by atoms with Crippen molar-refractivity contribution in [1.29, 1.82) is 0 Å². The number of nitrogens with zero attached hydrogens (tertiary/aromatic N) is 3. The van der Waals surface area contributed by atoms with Crippen LogP contribution >= 0.6 is 0 Å². The van der Waals surface area contributed by atoms with Crippen molar-refractivity contribution in [2.45, 2.75) is 38.7 Å². The number of carbonyl (C=O) groups excluding carboxylic acids is 3. The summed E-state index contributed by atoms with van der Waals surface area (Å²) in [5.41, 5.74) is -0.156. The predicted octanol–water partition coefficient (Wildman–Crippen LogP) is 3.79. The van der Waals surface area contributed by atoms with E-state index in [4.69, 9.17) is 0 Å². The number of carbonyl (C=O) groups is 3. The van der Waals surface area contributed by atoms with Crippen LogP contribution in [-0.4, -0.2) is 51.8 Å². The van der Waals surface area contributed by atoms with Crippen LogP contribution in [0, 0.1) is 5.92 Å². The maximum Gasteiger partial charge on any atom is 0.416 e. The highest BCUT2D eigenvalue weighted by Crippen LogP contribution is 2.42. The van der Waals surface area contributed by atoms with Gasteiger partial charge in [-0.25, -0.2) is 4.79 Å². The van der Waals surface area contributed by atoms with E-state index in [-0.39, 0.29) is 42.4 Å². The summed E-state index contributed by atoms with van der Waals surface area (Å²) in [5, 5.41) is 5.40. The molecule has 0 saturated heterocycles. The van der Waals surface area contributed by atoms with Gasteiger partial charge in [0.1, 0.15) is 6.04 Å². The lowest BCUT2D eigenvalue weighted by molar-refractivity contribution is -0.139. The molecule has 200 valence electrons. The third-order valence-corrected chi connectivity index (χ3v) is 6.56. The summed E-state index contributed by atoms with van der Waals surface area (Å²) in [5.74, 6) is -1.35. The van der Waals surface area contributed by atoms with E-state index in [0.717, 1.165) is 11.6 Å². The predicted molar refractivity (Wildman–Crippen MR) is 133 cm³/mol. The summed E-state index contributed by atoms with van der Waals surface area (Å²) in [4.78, 5) is 46.8. The maximum absolute atomic E-state index is 13.9. The van der Waals surface area contributed by atoms with E-state index in [1.54, 1.807) is 38.4 Å². The van der Waals surface area contributed by atoms with Crippen molar-refractivity contribution in [3.63, 3.8) is 0 Å². The van der Waals surface area contributed by atoms with Crippen LogP contribution in [0.3, 0.4) is 0 Å². The Hall–Kier alpha value is -4.15. The zero-order valence-corrected chi connectivity index (χ0v) is 21.0. The standard InChI is InChI=1S/C27H28F3N5O3/c1-4-12-34-20-15-35(23(16(2)3)24(36)32-14-17-8-7-11-31-13-17)25(37)21(20)22(33-26(34)38)18-9-5-6-10-19(18)27(28,29)30/h4-11,13,16,22-23H,1,12,14-15H2,2-3H3,(H,32,36)(H,33,38)/t22-,23-/m1/s1. The van der Waals surface area contributed by atoms with Gasteiger partial charge >= 0.3 is 12.2 Å². The number of rotatable bonds is 8. The van der Waals surface area contributed by atoms with Crippen LogP contribution in [0.15, 0.2) is 72.7 Å². The number of aromatic nitrogens is 1. The minimum absolute atomic E-state index is 0.00820. The van der Waals surface area contributed by atoms with Gasteiger partial charge in [0.2, 0.25) is 5.91 Å². The number of urea groups is 1. The van der Waals surface area contributed by atoms with E-state index in [0.29, 0.717) is 0 Å². The highest BCUT2D eigenvalue weighted by molar-refractivity contribution is 6.03. The Bertz CT molecular complexity index is 1280. The Balaban J connectivity index is 1.71. The Morgan fingerprint density at radius 3 is 2.61 bits per heavy atom. The zero-order valence-electron chi connectivity index (χ0n) is 21.0. The topological polar surface area (TPSA) is 94.6 Å². The molecule has 1 aromatic heterocycles. The molecule has 0 bridgehead atoms. The quantitative estimate of drug-likeness (QED) is 0.511. The van der Waals surface area contributed by atoms with Gasteiger partial charge in [0.05, 0.1) is 29.4 Å². The number of halogens is 3. The molecule has 38 heavy (non-hydrogen) atoms. The van der Waals surface area contributed by atoms with Gasteiger partial charge < -0.3 is 15.5 Å². The Labute approximate surface area is 218 Å². The van der Waals surface area contributed by atoms with Crippen LogP contribution in [0.2, 0.25) is 0 Å². The molecule has 4 rings (SSSR count). The molecule has 2 aromatic rings. The van der Waals surface area contributed by atoms with Crippen LogP contribution in [-0.2, 0) is 22.3 Å². The summed E-state index contributed by atoms with van der Waals surface area (Å²) in [7, 11) is 0. The van der Waals surface area contributed by atoms with Gasteiger partial charge in [-0.15, -0.1) is 6.58 Å². The second-order valence-electron chi connectivity index (χ2n) is 9.43. The van der Waals surface area contributed by atoms with E-state index in [1.165, 1.54) is 34.1 Å². The van der Waals surface area contributed by atoms with Crippen molar-refractivity contribution >= 4 is 17.8 Å². The van der Waals surface area contributed by atoms with Crippen molar-refractivity contribution < 1.29 is 27.6 Å². The fourth-order valence-corrected chi connectivity index (χ4v) is 4.90. The first-order chi connectivity index (χ1) is 18.0. The number of benzene rings is 1. The average Bonchev–Trinajstić information content (AvgIpc) is 3.20. The fourth-order valence-electron chi connectivity index (χ4n) is 4.90. The van der Waals surface area contributed by atoms with Gasteiger partial charge in [-0.05, 0) is 29.2 Å². The van der Waals surface area contributed by atoms with Gasteiger partial charge in [0.25, 0.3) is 5.91 Å². The first kappa shape index (κ1) is 26.9. The highest BCUT2D eigenvalue weighted by atomic mass is 19.4. The fraction of sp³-hybridized carbons (Fsp3) is 0.333. The summed E-state index contributed by atoms with van der Waals surface area (Å²) < 4.78 is 41.6. The lowest BCUT2D eigenvalue weighted by Crippen LogP contribution is -2.51. The number of alkyl halides is 3. The normalized spacial score (nSPS) is 18.4. The number of hydrogen-bond donors (Lipinski definition) is 2. The van der Waals surface area contributed by atoms with Gasteiger partial charge in [0, 0.05) is 25.5 Å². The molecular formula is C27H28F3N5O3. The van der Waals surface area contributed by atoms with Crippen molar-refractivity contribution in [2.75, 3.05) is 13.1 Å². The second kappa shape index (κ2) is 10.7. The molecule has 11 heteroatoms. The first-order valence-electron chi connectivity index (χ1n) is 12.1. The van der Waals surface area contributed by atoms with Gasteiger partial charge in [-0.3, -0.25) is 19.5 Å². The molecule has 3 heterocycles. The van der Waals surface area contributed by atoms with E-state index in [9.17, 15) is 27.6 Å². The summed E-state index contributed by atoms with van der Waals surface area (Å²) in [6.07, 6.45) is -0.0196. The minimum Gasteiger partial charge on any atom is -0.350 e. The van der Waals surface area contributed by atoms with E-state index < -0.39 is 41.7 Å². The lowest BCUT2D eigenvalue weighted by Gasteiger charge is -2.33. The summed E-state index contributed by atoms with van der Waals surface area (Å²) in [6, 6.07) is 5.46. The minimum atomic E-state index is -4.70. The van der Waals surface area contributed by atoms with Crippen molar-refractivity contribution in [3.05, 3.63) is 89.4 Å². The smallest absolute Gasteiger partial charge is 0.350 e. The molecule has 2 N–H and O–H groups in total.